The van der Waals surface area contributed by atoms with E-state index in [0.717, 1.165) is 0 Å². The van der Waals surface area contributed by atoms with Gasteiger partial charge in [0.15, 0.2) is 0 Å². The van der Waals surface area contributed by atoms with Crippen molar-refractivity contribution in [3.05, 3.63) is 27.3 Å². The van der Waals surface area contributed by atoms with Gasteiger partial charge in [-0.3, -0.25) is 0 Å². The number of hydrogen-bond acceptors (Lipinski definition) is 1. The molecule has 0 atom stereocenters. The van der Waals surface area contributed by atoms with E-state index >= 15 is 0 Å². The zero-order chi connectivity index (χ0) is 10.8. The highest BCUT2D eigenvalue weighted by molar-refractivity contribution is 14.1. The van der Waals surface area contributed by atoms with E-state index in [9.17, 15) is 13.2 Å². The van der Waals surface area contributed by atoms with Crippen molar-refractivity contribution in [3.8, 4) is 5.75 Å². The van der Waals surface area contributed by atoms with Crippen LogP contribution in [0.1, 0.15) is 5.56 Å². The number of ether oxygens (including phenoxy) is 1. The van der Waals surface area contributed by atoms with Crippen molar-refractivity contribution in [1.82, 2.24) is 0 Å². The summed E-state index contributed by atoms with van der Waals surface area (Å²) in [5.41, 5.74) is 0.595. The highest BCUT2D eigenvalue weighted by atomic mass is 127. The van der Waals surface area contributed by atoms with Crippen LogP contribution in [0.15, 0.2) is 18.2 Å². The molecule has 0 N–H and O–H groups in total. The minimum atomic E-state index is -4.66. The number of alkyl halides is 4. The maximum Gasteiger partial charge on any atom is 0.573 e. The SMILES string of the molecule is FC(F)(F)Oc1cc(I)cc(CCl)c1. The summed E-state index contributed by atoms with van der Waals surface area (Å²) >= 11 is 7.40. The van der Waals surface area contributed by atoms with E-state index < -0.39 is 6.36 Å². The lowest BCUT2D eigenvalue weighted by molar-refractivity contribution is -0.274. The zero-order valence-corrected chi connectivity index (χ0v) is 9.65. The molecule has 1 aromatic carbocycles. The molecule has 0 saturated heterocycles. The Balaban J connectivity index is 2.92. The summed E-state index contributed by atoms with van der Waals surface area (Å²) in [5.74, 6) is -0.0783. The third kappa shape index (κ3) is 3.91. The lowest BCUT2D eigenvalue weighted by atomic mass is 10.2. The van der Waals surface area contributed by atoms with E-state index in [0.29, 0.717) is 9.13 Å². The Kier molecular flexibility index (Phi) is 3.88. The van der Waals surface area contributed by atoms with Crippen LogP contribution in [0.5, 0.6) is 5.75 Å². The highest BCUT2D eigenvalue weighted by Crippen LogP contribution is 2.26. The molecular formula is C8H5ClF3IO. The monoisotopic (exact) mass is 336 g/mol. The van der Waals surface area contributed by atoms with Gasteiger partial charge in [0.25, 0.3) is 0 Å². The molecule has 14 heavy (non-hydrogen) atoms. The van der Waals surface area contributed by atoms with Gasteiger partial charge in [-0.15, -0.1) is 24.8 Å². The maximum atomic E-state index is 11.9. The van der Waals surface area contributed by atoms with Crippen molar-refractivity contribution >= 4 is 34.2 Å². The Morgan fingerprint density at radius 3 is 2.43 bits per heavy atom. The van der Waals surface area contributed by atoms with Crippen LogP contribution in [0.4, 0.5) is 13.2 Å². The van der Waals surface area contributed by atoms with Gasteiger partial charge in [0, 0.05) is 9.45 Å². The van der Waals surface area contributed by atoms with E-state index in [4.69, 9.17) is 11.6 Å². The first-order valence-electron chi connectivity index (χ1n) is 3.52. The first-order valence-corrected chi connectivity index (χ1v) is 5.13. The summed E-state index contributed by atoms with van der Waals surface area (Å²) < 4.78 is 40.0. The highest BCUT2D eigenvalue weighted by Gasteiger charge is 2.31. The van der Waals surface area contributed by atoms with Gasteiger partial charge in [-0.1, -0.05) is 0 Å². The molecule has 0 fully saturated rings. The van der Waals surface area contributed by atoms with E-state index in [2.05, 4.69) is 4.74 Å². The number of halogens is 5. The molecule has 0 radical (unpaired) electrons. The van der Waals surface area contributed by atoms with E-state index in [1.54, 1.807) is 6.07 Å². The molecule has 0 unspecified atom stereocenters. The molecule has 0 aliphatic heterocycles. The Labute approximate surface area is 97.3 Å². The number of benzene rings is 1. The van der Waals surface area contributed by atoms with Crippen LogP contribution >= 0.6 is 34.2 Å². The topological polar surface area (TPSA) is 9.23 Å². The van der Waals surface area contributed by atoms with Gasteiger partial charge in [-0.05, 0) is 46.4 Å². The molecule has 0 aromatic heterocycles. The predicted molar refractivity (Wildman–Crippen MR) is 55.4 cm³/mol. The standard InChI is InChI=1S/C8H5ClF3IO/c9-4-5-1-6(13)3-7(2-5)14-8(10,11)12/h1-3H,4H2. The molecule has 0 aliphatic carbocycles. The summed E-state index contributed by atoms with van der Waals surface area (Å²) in [6.45, 7) is 0. The van der Waals surface area contributed by atoms with Crippen molar-refractivity contribution in [1.29, 1.82) is 0 Å². The Bertz CT molecular complexity index is 327. The summed E-state index contributed by atoms with van der Waals surface area (Å²) in [4.78, 5) is 0. The van der Waals surface area contributed by atoms with Gasteiger partial charge in [-0.25, -0.2) is 0 Å². The first kappa shape index (κ1) is 11.9. The van der Waals surface area contributed by atoms with Crippen molar-refractivity contribution in [2.75, 3.05) is 0 Å². The molecule has 0 bridgehead atoms. The average molecular weight is 336 g/mol. The van der Waals surface area contributed by atoms with Gasteiger partial charge in [0.2, 0.25) is 0 Å². The second-order valence-corrected chi connectivity index (χ2v) is 3.99. The van der Waals surface area contributed by atoms with Crippen LogP contribution in [-0.4, -0.2) is 6.36 Å². The molecule has 0 amide bonds. The van der Waals surface area contributed by atoms with E-state index in [-0.39, 0.29) is 11.6 Å². The van der Waals surface area contributed by atoms with Crippen molar-refractivity contribution < 1.29 is 17.9 Å². The summed E-state index contributed by atoms with van der Waals surface area (Å²) in [6.07, 6.45) is -4.66. The van der Waals surface area contributed by atoms with Gasteiger partial charge >= 0.3 is 6.36 Å². The quantitative estimate of drug-likeness (QED) is 0.587. The molecular weight excluding hydrogens is 331 g/mol. The Hall–Kier alpha value is -0.170. The van der Waals surface area contributed by atoms with Crippen molar-refractivity contribution in [2.24, 2.45) is 0 Å². The molecule has 6 heteroatoms. The zero-order valence-electron chi connectivity index (χ0n) is 6.74. The molecule has 0 heterocycles. The molecule has 0 aliphatic rings. The third-order valence-electron chi connectivity index (χ3n) is 1.32. The molecule has 1 nitrogen and oxygen atoms in total. The van der Waals surface area contributed by atoms with Crippen LogP contribution in [0.3, 0.4) is 0 Å². The first-order chi connectivity index (χ1) is 6.40. The van der Waals surface area contributed by atoms with Crippen LogP contribution in [0, 0.1) is 3.57 Å². The molecule has 1 aromatic rings. The largest absolute Gasteiger partial charge is 0.573 e. The smallest absolute Gasteiger partial charge is 0.406 e. The van der Waals surface area contributed by atoms with Crippen LogP contribution in [-0.2, 0) is 5.88 Å². The molecule has 0 spiro atoms. The minimum Gasteiger partial charge on any atom is -0.406 e. The number of rotatable bonds is 2. The second kappa shape index (κ2) is 4.57. The second-order valence-electron chi connectivity index (χ2n) is 2.48. The molecule has 0 saturated carbocycles. The lowest BCUT2D eigenvalue weighted by Crippen LogP contribution is -2.17. The van der Waals surface area contributed by atoms with Gasteiger partial charge < -0.3 is 4.74 Å². The summed E-state index contributed by atoms with van der Waals surface area (Å²) in [6, 6.07) is 4.25. The fourth-order valence-corrected chi connectivity index (χ4v) is 1.75. The fraction of sp³-hybridized carbons (Fsp3) is 0.250. The average Bonchev–Trinajstić information content (AvgIpc) is 1.99. The van der Waals surface area contributed by atoms with Crippen molar-refractivity contribution in [2.45, 2.75) is 12.2 Å². The van der Waals surface area contributed by atoms with Crippen LogP contribution in [0.2, 0.25) is 0 Å². The molecule has 78 valence electrons. The van der Waals surface area contributed by atoms with Gasteiger partial charge in [-0.2, -0.15) is 0 Å². The number of hydrogen-bond donors (Lipinski definition) is 0. The Morgan fingerprint density at radius 1 is 1.29 bits per heavy atom. The molecule has 1 rings (SSSR count). The predicted octanol–water partition coefficient (Wildman–Crippen LogP) is 3.93. The van der Waals surface area contributed by atoms with Gasteiger partial charge in [0.05, 0.1) is 0 Å². The normalized spacial score (nSPS) is 11.5. The van der Waals surface area contributed by atoms with Crippen LogP contribution < -0.4 is 4.74 Å². The summed E-state index contributed by atoms with van der Waals surface area (Å²) in [7, 11) is 0. The summed E-state index contributed by atoms with van der Waals surface area (Å²) in [5, 5.41) is 0. The van der Waals surface area contributed by atoms with E-state index in [1.165, 1.54) is 12.1 Å². The van der Waals surface area contributed by atoms with Gasteiger partial charge in [0.1, 0.15) is 5.75 Å². The van der Waals surface area contributed by atoms with Crippen LogP contribution in [0.25, 0.3) is 0 Å². The third-order valence-corrected chi connectivity index (χ3v) is 2.25. The fourth-order valence-electron chi connectivity index (χ4n) is 0.890. The maximum absolute atomic E-state index is 11.9. The lowest BCUT2D eigenvalue weighted by Gasteiger charge is -2.09. The van der Waals surface area contributed by atoms with E-state index in [1.807, 2.05) is 22.6 Å². The van der Waals surface area contributed by atoms with Crippen molar-refractivity contribution in [3.63, 3.8) is 0 Å². The Morgan fingerprint density at radius 2 is 1.93 bits per heavy atom. The minimum absolute atomic E-state index is 0.158.